The van der Waals surface area contributed by atoms with Crippen LogP contribution in [0.3, 0.4) is 0 Å². The summed E-state index contributed by atoms with van der Waals surface area (Å²) in [5, 5.41) is 2.72. The highest BCUT2D eigenvalue weighted by Crippen LogP contribution is 2.17. The highest BCUT2D eigenvalue weighted by atomic mass is 19.1. The number of nitrogens with two attached hydrogens (primary N) is 1. The standard InChI is InChI=1S/C14H20FN3O2/c1-18(11-4-6-20-7-5-11)9-14(19)17-10-2-3-12(15)13(16)8-10/h2-3,8,11H,4-7,9,16H2,1H3,(H,17,19). The SMILES string of the molecule is CN(CC(=O)Nc1ccc(F)c(N)c1)C1CCOCC1. The number of carbonyl (C=O) groups is 1. The van der Waals surface area contributed by atoms with Gasteiger partial charge < -0.3 is 15.8 Å². The molecule has 110 valence electrons. The van der Waals surface area contributed by atoms with E-state index in [1.165, 1.54) is 18.2 Å². The summed E-state index contributed by atoms with van der Waals surface area (Å²) in [5.74, 6) is -0.618. The van der Waals surface area contributed by atoms with Gasteiger partial charge in [-0.1, -0.05) is 0 Å². The number of benzene rings is 1. The van der Waals surface area contributed by atoms with Gasteiger partial charge in [0.1, 0.15) is 5.82 Å². The van der Waals surface area contributed by atoms with Gasteiger partial charge in [-0.15, -0.1) is 0 Å². The number of hydrogen-bond acceptors (Lipinski definition) is 4. The number of halogens is 1. The minimum Gasteiger partial charge on any atom is -0.396 e. The molecule has 0 atom stereocenters. The summed E-state index contributed by atoms with van der Waals surface area (Å²) in [6.07, 6.45) is 1.88. The predicted molar refractivity (Wildman–Crippen MR) is 75.9 cm³/mol. The molecular formula is C14H20FN3O2. The van der Waals surface area contributed by atoms with Gasteiger partial charge in [0.25, 0.3) is 0 Å². The van der Waals surface area contributed by atoms with Crippen molar-refractivity contribution < 1.29 is 13.9 Å². The Morgan fingerprint density at radius 3 is 2.85 bits per heavy atom. The van der Waals surface area contributed by atoms with E-state index in [1.807, 2.05) is 11.9 Å². The van der Waals surface area contributed by atoms with E-state index in [2.05, 4.69) is 5.32 Å². The third kappa shape index (κ3) is 3.91. The number of likely N-dealkylation sites (N-methyl/N-ethyl adjacent to an activating group) is 1. The molecule has 20 heavy (non-hydrogen) atoms. The summed E-state index contributed by atoms with van der Waals surface area (Å²) >= 11 is 0. The summed E-state index contributed by atoms with van der Waals surface area (Å²) < 4.78 is 18.3. The number of nitrogens with zero attached hydrogens (tertiary/aromatic N) is 1. The zero-order valence-corrected chi connectivity index (χ0v) is 11.6. The molecule has 6 heteroatoms. The second-order valence-electron chi connectivity index (χ2n) is 5.04. The maximum Gasteiger partial charge on any atom is 0.238 e. The highest BCUT2D eigenvalue weighted by molar-refractivity contribution is 5.92. The number of ether oxygens (including phenoxy) is 1. The van der Waals surface area contributed by atoms with Crippen molar-refractivity contribution in [2.75, 3.05) is 37.9 Å². The van der Waals surface area contributed by atoms with Crippen LogP contribution < -0.4 is 11.1 Å². The Kier molecular flexibility index (Phi) is 4.92. The second-order valence-corrected chi connectivity index (χ2v) is 5.04. The van der Waals surface area contributed by atoms with Crippen molar-refractivity contribution in [2.45, 2.75) is 18.9 Å². The van der Waals surface area contributed by atoms with E-state index in [4.69, 9.17) is 10.5 Å². The zero-order valence-electron chi connectivity index (χ0n) is 11.6. The highest BCUT2D eigenvalue weighted by Gasteiger charge is 2.20. The van der Waals surface area contributed by atoms with Crippen LogP contribution in [0.2, 0.25) is 0 Å². The van der Waals surface area contributed by atoms with Gasteiger partial charge in [0.15, 0.2) is 0 Å². The number of carbonyl (C=O) groups excluding carboxylic acids is 1. The van der Waals surface area contributed by atoms with Crippen LogP contribution in [0.4, 0.5) is 15.8 Å². The first-order valence-electron chi connectivity index (χ1n) is 6.69. The van der Waals surface area contributed by atoms with E-state index in [0.717, 1.165) is 26.1 Å². The normalized spacial score (nSPS) is 16.4. The number of anilines is 2. The molecule has 1 saturated heterocycles. The maximum atomic E-state index is 13.0. The Morgan fingerprint density at radius 1 is 1.50 bits per heavy atom. The van der Waals surface area contributed by atoms with E-state index in [-0.39, 0.29) is 11.6 Å². The average Bonchev–Trinajstić information content (AvgIpc) is 2.44. The van der Waals surface area contributed by atoms with Crippen molar-refractivity contribution in [3.05, 3.63) is 24.0 Å². The minimum atomic E-state index is -0.484. The monoisotopic (exact) mass is 281 g/mol. The first kappa shape index (κ1) is 14.7. The van der Waals surface area contributed by atoms with Crippen molar-refractivity contribution in [1.82, 2.24) is 4.90 Å². The summed E-state index contributed by atoms with van der Waals surface area (Å²) in [7, 11) is 1.93. The zero-order chi connectivity index (χ0) is 14.5. The van der Waals surface area contributed by atoms with E-state index >= 15 is 0 Å². The molecule has 0 saturated carbocycles. The Balaban J connectivity index is 1.86. The van der Waals surface area contributed by atoms with E-state index < -0.39 is 5.82 Å². The van der Waals surface area contributed by atoms with Gasteiger partial charge in [0.05, 0.1) is 12.2 Å². The van der Waals surface area contributed by atoms with Crippen LogP contribution in [0.15, 0.2) is 18.2 Å². The fourth-order valence-corrected chi connectivity index (χ4v) is 2.30. The van der Waals surface area contributed by atoms with Gasteiger partial charge in [-0.2, -0.15) is 0 Å². The number of amides is 1. The molecule has 0 aromatic heterocycles. The molecule has 1 fully saturated rings. The molecular weight excluding hydrogens is 261 g/mol. The lowest BCUT2D eigenvalue weighted by atomic mass is 10.1. The molecule has 1 aliphatic rings. The van der Waals surface area contributed by atoms with Crippen LogP contribution in [0.1, 0.15) is 12.8 Å². The number of hydrogen-bond donors (Lipinski definition) is 2. The smallest absolute Gasteiger partial charge is 0.238 e. The largest absolute Gasteiger partial charge is 0.396 e. The fourth-order valence-electron chi connectivity index (χ4n) is 2.30. The molecule has 0 radical (unpaired) electrons. The Hall–Kier alpha value is -1.66. The van der Waals surface area contributed by atoms with Gasteiger partial charge in [-0.05, 0) is 38.1 Å². The van der Waals surface area contributed by atoms with Crippen molar-refractivity contribution in [1.29, 1.82) is 0 Å². The van der Waals surface area contributed by atoms with E-state index in [9.17, 15) is 9.18 Å². The molecule has 1 aromatic rings. The Morgan fingerprint density at radius 2 is 2.20 bits per heavy atom. The number of rotatable bonds is 4. The van der Waals surface area contributed by atoms with E-state index in [1.54, 1.807) is 0 Å². The van der Waals surface area contributed by atoms with Crippen LogP contribution >= 0.6 is 0 Å². The summed E-state index contributed by atoms with van der Waals surface area (Å²) in [6, 6.07) is 4.53. The molecule has 3 N–H and O–H groups in total. The molecule has 1 heterocycles. The van der Waals surface area contributed by atoms with Crippen LogP contribution in [-0.2, 0) is 9.53 Å². The van der Waals surface area contributed by atoms with Gasteiger partial charge in [0.2, 0.25) is 5.91 Å². The average molecular weight is 281 g/mol. The molecule has 1 aromatic carbocycles. The first-order valence-corrected chi connectivity index (χ1v) is 6.69. The van der Waals surface area contributed by atoms with E-state index in [0.29, 0.717) is 18.3 Å². The molecule has 5 nitrogen and oxygen atoms in total. The molecule has 0 unspecified atom stereocenters. The lowest BCUT2D eigenvalue weighted by Gasteiger charge is -2.30. The second kappa shape index (κ2) is 6.67. The predicted octanol–water partition coefficient (Wildman–Crippen LogP) is 1.46. The van der Waals surface area contributed by atoms with Crippen molar-refractivity contribution in [2.24, 2.45) is 0 Å². The van der Waals surface area contributed by atoms with Crippen LogP contribution in [-0.4, -0.2) is 43.7 Å². The van der Waals surface area contributed by atoms with Gasteiger partial charge >= 0.3 is 0 Å². The molecule has 2 rings (SSSR count). The number of nitrogens with one attached hydrogen (secondary N) is 1. The van der Waals surface area contributed by atoms with Crippen molar-refractivity contribution in [3.63, 3.8) is 0 Å². The third-order valence-electron chi connectivity index (χ3n) is 3.49. The summed E-state index contributed by atoms with van der Waals surface area (Å²) in [6.45, 7) is 1.78. The van der Waals surface area contributed by atoms with Gasteiger partial charge in [0, 0.05) is 24.9 Å². The molecule has 1 amide bonds. The quantitative estimate of drug-likeness (QED) is 0.820. The lowest BCUT2D eigenvalue weighted by Crippen LogP contribution is -2.41. The molecule has 0 aliphatic carbocycles. The summed E-state index contributed by atoms with van der Waals surface area (Å²) in [5.41, 5.74) is 6.00. The van der Waals surface area contributed by atoms with Gasteiger partial charge in [-0.25, -0.2) is 4.39 Å². The van der Waals surface area contributed by atoms with Crippen molar-refractivity contribution in [3.8, 4) is 0 Å². The topological polar surface area (TPSA) is 67.6 Å². The first-order chi connectivity index (χ1) is 9.56. The summed E-state index contributed by atoms with van der Waals surface area (Å²) in [4.78, 5) is 14.0. The maximum absolute atomic E-state index is 13.0. The minimum absolute atomic E-state index is 0.0283. The fraction of sp³-hybridized carbons (Fsp3) is 0.500. The Bertz CT molecular complexity index is 475. The Labute approximate surface area is 117 Å². The molecule has 0 bridgehead atoms. The van der Waals surface area contributed by atoms with Crippen LogP contribution in [0, 0.1) is 5.82 Å². The van der Waals surface area contributed by atoms with Crippen LogP contribution in [0.25, 0.3) is 0 Å². The van der Waals surface area contributed by atoms with Gasteiger partial charge in [-0.3, -0.25) is 9.69 Å². The lowest BCUT2D eigenvalue weighted by molar-refractivity contribution is -0.118. The van der Waals surface area contributed by atoms with Crippen LogP contribution in [0.5, 0.6) is 0 Å². The molecule has 1 aliphatic heterocycles. The van der Waals surface area contributed by atoms with Crippen molar-refractivity contribution >= 4 is 17.3 Å². The number of nitrogen functional groups attached to an aromatic ring is 1. The third-order valence-corrected chi connectivity index (χ3v) is 3.49. The molecule has 0 spiro atoms.